The number of pyridine rings is 1. The quantitative estimate of drug-likeness (QED) is 0.789. The molecule has 3 rings (SSSR count). The minimum atomic E-state index is -0.0587. The third-order valence-electron chi connectivity index (χ3n) is 3.66. The number of rotatable bonds is 4. The monoisotopic (exact) mass is 323 g/mol. The van der Waals surface area contributed by atoms with Crippen molar-refractivity contribution < 1.29 is 4.79 Å². The van der Waals surface area contributed by atoms with Crippen LogP contribution in [0.3, 0.4) is 0 Å². The zero-order valence-corrected chi connectivity index (χ0v) is 13.9. The molecular formula is C18H17N3OS. The molecule has 0 bridgehead atoms. The maximum atomic E-state index is 12.2. The van der Waals surface area contributed by atoms with Crippen LogP contribution in [0.1, 0.15) is 16.8 Å². The second-order valence-electron chi connectivity index (χ2n) is 5.33. The van der Waals surface area contributed by atoms with Crippen molar-refractivity contribution >= 4 is 22.9 Å². The molecule has 2 heterocycles. The van der Waals surface area contributed by atoms with Crippen LogP contribution in [0.2, 0.25) is 0 Å². The molecule has 1 N–H and O–H groups in total. The van der Waals surface area contributed by atoms with Gasteiger partial charge in [-0.2, -0.15) is 0 Å². The first-order valence-corrected chi connectivity index (χ1v) is 8.23. The van der Waals surface area contributed by atoms with Crippen molar-refractivity contribution in [3.05, 3.63) is 64.8 Å². The molecule has 23 heavy (non-hydrogen) atoms. The Morgan fingerprint density at radius 2 is 2.04 bits per heavy atom. The van der Waals surface area contributed by atoms with E-state index < -0.39 is 0 Å². The van der Waals surface area contributed by atoms with Crippen LogP contribution < -0.4 is 5.32 Å². The van der Waals surface area contributed by atoms with E-state index in [9.17, 15) is 4.79 Å². The molecule has 2 aromatic heterocycles. The van der Waals surface area contributed by atoms with E-state index in [1.165, 1.54) is 11.3 Å². The molecule has 0 unspecified atom stereocenters. The van der Waals surface area contributed by atoms with Crippen LogP contribution in [0, 0.1) is 13.8 Å². The summed E-state index contributed by atoms with van der Waals surface area (Å²) < 4.78 is 0. The van der Waals surface area contributed by atoms with Crippen molar-refractivity contribution in [1.82, 2.24) is 9.97 Å². The first-order valence-electron chi connectivity index (χ1n) is 7.35. The number of aromatic nitrogens is 2. The second kappa shape index (κ2) is 6.71. The van der Waals surface area contributed by atoms with E-state index in [1.54, 1.807) is 6.20 Å². The molecule has 116 valence electrons. The first kappa shape index (κ1) is 15.4. The maximum Gasteiger partial charge on any atom is 0.230 e. The number of nitrogens with zero attached hydrogens (tertiary/aromatic N) is 2. The summed E-state index contributed by atoms with van der Waals surface area (Å²) in [6.07, 6.45) is 2.00. The van der Waals surface area contributed by atoms with Crippen molar-refractivity contribution in [3.63, 3.8) is 0 Å². The van der Waals surface area contributed by atoms with Gasteiger partial charge in [-0.25, -0.2) is 4.98 Å². The van der Waals surface area contributed by atoms with Gasteiger partial charge in [-0.15, -0.1) is 11.3 Å². The van der Waals surface area contributed by atoms with Gasteiger partial charge in [-0.1, -0.05) is 18.2 Å². The second-order valence-corrected chi connectivity index (χ2v) is 6.19. The smallest absolute Gasteiger partial charge is 0.230 e. The number of thiazole rings is 1. The molecule has 0 saturated carbocycles. The normalized spacial score (nSPS) is 10.5. The fourth-order valence-electron chi connectivity index (χ4n) is 2.24. The number of aryl methyl sites for hydroxylation is 1. The minimum absolute atomic E-state index is 0.0587. The number of benzene rings is 1. The molecule has 0 saturated heterocycles. The highest BCUT2D eigenvalue weighted by Gasteiger charge is 2.11. The third kappa shape index (κ3) is 3.63. The number of nitrogens with one attached hydrogen (secondary N) is 1. The van der Waals surface area contributed by atoms with E-state index in [2.05, 4.69) is 15.3 Å². The van der Waals surface area contributed by atoms with Gasteiger partial charge in [0, 0.05) is 17.3 Å². The summed E-state index contributed by atoms with van der Waals surface area (Å²) in [5.74, 6) is -0.0587. The first-order chi connectivity index (χ1) is 11.1. The fourth-order valence-corrected chi connectivity index (χ4v) is 3.04. The van der Waals surface area contributed by atoms with Crippen LogP contribution in [0.5, 0.6) is 0 Å². The van der Waals surface area contributed by atoms with Gasteiger partial charge in [0.25, 0.3) is 0 Å². The zero-order valence-electron chi connectivity index (χ0n) is 13.0. The van der Waals surface area contributed by atoms with Crippen molar-refractivity contribution in [2.75, 3.05) is 5.32 Å². The molecule has 0 aliphatic rings. The zero-order chi connectivity index (χ0) is 16.2. The molecule has 1 amide bonds. The van der Waals surface area contributed by atoms with Crippen molar-refractivity contribution in [2.45, 2.75) is 20.3 Å². The van der Waals surface area contributed by atoms with Crippen LogP contribution in [0.4, 0.5) is 5.69 Å². The minimum Gasteiger partial charge on any atom is -0.325 e. The molecule has 0 aliphatic heterocycles. The summed E-state index contributed by atoms with van der Waals surface area (Å²) in [6.45, 7) is 4.04. The average Bonchev–Trinajstić information content (AvgIpc) is 3.01. The summed E-state index contributed by atoms with van der Waals surface area (Å²) >= 11 is 1.50. The van der Waals surface area contributed by atoms with Crippen LogP contribution in [-0.2, 0) is 11.2 Å². The Kier molecular flexibility index (Phi) is 4.48. The Labute approximate surface area is 139 Å². The van der Waals surface area contributed by atoms with Crippen LogP contribution in [0.25, 0.3) is 10.7 Å². The van der Waals surface area contributed by atoms with Crippen molar-refractivity contribution in [1.29, 1.82) is 0 Å². The van der Waals surface area contributed by atoms with Gasteiger partial charge in [-0.3, -0.25) is 9.78 Å². The maximum absolute atomic E-state index is 12.2. The van der Waals surface area contributed by atoms with Crippen LogP contribution in [0.15, 0.2) is 48.0 Å². The summed E-state index contributed by atoms with van der Waals surface area (Å²) in [6, 6.07) is 11.6. The summed E-state index contributed by atoms with van der Waals surface area (Å²) in [5.41, 5.74) is 4.70. The number of anilines is 1. The Hall–Kier alpha value is -2.53. The van der Waals surface area contributed by atoms with E-state index in [0.29, 0.717) is 0 Å². The highest BCUT2D eigenvalue weighted by atomic mass is 32.1. The molecular weight excluding hydrogens is 306 g/mol. The number of amides is 1. The molecule has 3 aromatic rings. The summed E-state index contributed by atoms with van der Waals surface area (Å²) in [4.78, 5) is 21.0. The molecule has 0 radical (unpaired) electrons. The van der Waals surface area contributed by atoms with Gasteiger partial charge < -0.3 is 5.32 Å². The number of hydrogen-bond donors (Lipinski definition) is 1. The summed E-state index contributed by atoms with van der Waals surface area (Å²) in [7, 11) is 0. The van der Waals surface area contributed by atoms with E-state index in [-0.39, 0.29) is 12.3 Å². The van der Waals surface area contributed by atoms with Gasteiger partial charge in [-0.05, 0) is 43.2 Å². The Morgan fingerprint density at radius 3 is 2.83 bits per heavy atom. The predicted octanol–water partition coefficient (Wildman–Crippen LogP) is 4.00. The molecule has 4 nitrogen and oxygen atoms in total. The van der Waals surface area contributed by atoms with E-state index in [4.69, 9.17) is 0 Å². The van der Waals surface area contributed by atoms with E-state index in [1.807, 2.05) is 55.6 Å². The largest absolute Gasteiger partial charge is 0.325 e. The Bertz CT molecular complexity index is 827. The van der Waals surface area contributed by atoms with Gasteiger partial charge in [0.1, 0.15) is 5.01 Å². The standard InChI is InChI=1S/C18H17N3OS/c1-12-6-5-8-15(13(12)2)21-17(22)10-14-11-23-18(20-14)16-7-3-4-9-19-16/h3-9,11H,10H2,1-2H3,(H,21,22). The lowest BCUT2D eigenvalue weighted by Gasteiger charge is -2.09. The third-order valence-corrected chi connectivity index (χ3v) is 4.57. The lowest BCUT2D eigenvalue weighted by atomic mass is 10.1. The van der Waals surface area contributed by atoms with E-state index in [0.717, 1.165) is 33.2 Å². The topological polar surface area (TPSA) is 54.9 Å². The average molecular weight is 323 g/mol. The summed E-state index contributed by atoms with van der Waals surface area (Å²) in [5, 5.41) is 5.70. The molecule has 0 aliphatic carbocycles. The SMILES string of the molecule is Cc1cccc(NC(=O)Cc2csc(-c3ccccn3)n2)c1C. The van der Waals surface area contributed by atoms with Gasteiger partial charge in [0.15, 0.2) is 0 Å². The highest BCUT2D eigenvalue weighted by molar-refractivity contribution is 7.13. The molecule has 1 aromatic carbocycles. The van der Waals surface area contributed by atoms with Crippen molar-refractivity contribution in [3.8, 4) is 10.7 Å². The van der Waals surface area contributed by atoms with Gasteiger partial charge >= 0.3 is 0 Å². The molecule has 5 heteroatoms. The predicted molar refractivity (Wildman–Crippen MR) is 93.6 cm³/mol. The Morgan fingerprint density at radius 1 is 1.17 bits per heavy atom. The van der Waals surface area contributed by atoms with Crippen LogP contribution in [-0.4, -0.2) is 15.9 Å². The van der Waals surface area contributed by atoms with Crippen molar-refractivity contribution in [2.24, 2.45) is 0 Å². The number of hydrogen-bond acceptors (Lipinski definition) is 4. The Balaban J connectivity index is 1.69. The number of carbonyl (C=O) groups excluding carboxylic acids is 1. The molecule has 0 atom stereocenters. The highest BCUT2D eigenvalue weighted by Crippen LogP contribution is 2.22. The van der Waals surface area contributed by atoms with Crippen LogP contribution >= 0.6 is 11.3 Å². The molecule has 0 fully saturated rings. The molecule has 0 spiro atoms. The van der Waals surface area contributed by atoms with E-state index >= 15 is 0 Å². The fraction of sp³-hybridized carbons (Fsp3) is 0.167. The lowest BCUT2D eigenvalue weighted by Crippen LogP contribution is -2.15. The van der Waals surface area contributed by atoms with Gasteiger partial charge in [0.05, 0.1) is 17.8 Å². The number of carbonyl (C=O) groups is 1. The van der Waals surface area contributed by atoms with Gasteiger partial charge in [0.2, 0.25) is 5.91 Å². The lowest BCUT2D eigenvalue weighted by molar-refractivity contribution is -0.115.